The first-order valence-corrected chi connectivity index (χ1v) is 9.99. The highest BCUT2D eigenvalue weighted by atomic mass is 19.1. The molecule has 0 saturated heterocycles. The molecule has 0 unspecified atom stereocenters. The number of rotatable bonds is 6. The zero-order chi connectivity index (χ0) is 22.1. The van der Waals surface area contributed by atoms with E-state index >= 15 is 0 Å². The first-order chi connectivity index (χ1) is 14.9. The molecule has 7 nitrogen and oxygen atoms in total. The molecule has 3 aromatic rings. The molecule has 162 valence electrons. The van der Waals surface area contributed by atoms with Crippen LogP contribution in [0.25, 0.3) is 10.9 Å². The van der Waals surface area contributed by atoms with Crippen LogP contribution in [0.4, 0.5) is 4.39 Å². The third-order valence-corrected chi connectivity index (χ3v) is 5.71. The van der Waals surface area contributed by atoms with Gasteiger partial charge in [0.15, 0.2) is 6.10 Å². The summed E-state index contributed by atoms with van der Waals surface area (Å²) in [6.45, 7) is -0.111. The highest BCUT2D eigenvalue weighted by molar-refractivity contribution is 5.98. The number of amides is 2. The second-order valence-electron chi connectivity index (χ2n) is 7.76. The summed E-state index contributed by atoms with van der Waals surface area (Å²) in [5.74, 6) is -1.21. The van der Waals surface area contributed by atoms with Gasteiger partial charge in [-0.25, -0.2) is 4.39 Å². The summed E-state index contributed by atoms with van der Waals surface area (Å²) >= 11 is 0. The first kappa shape index (κ1) is 21.0. The Morgan fingerprint density at radius 3 is 2.84 bits per heavy atom. The number of ether oxygens (including phenoxy) is 1. The molecule has 0 radical (unpaired) electrons. The molecule has 4 rings (SSSR count). The maximum atomic E-state index is 13.5. The highest BCUT2D eigenvalue weighted by Crippen LogP contribution is 2.36. The molecule has 1 aromatic heterocycles. The summed E-state index contributed by atoms with van der Waals surface area (Å²) < 4.78 is 18.4. The van der Waals surface area contributed by atoms with Crippen molar-refractivity contribution in [2.75, 3.05) is 20.8 Å². The number of fused-ring (bicyclic) bond motifs is 2. The minimum Gasteiger partial charge on any atom is -0.381 e. The van der Waals surface area contributed by atoms with Gasteiger partial charge in [-0.15, -0.1) is 0 Å². The predicted molar refractivity (Wildman–Crippen MR) is 113 cm³/mol. The van der Waals surface area contributed by atoms with E-state index in [0.29, 0.717) is 23.0 Å². The second kappa shape index (κ2) is 8.49. The van der Waals surface area contributed by atoms with Crippen LogP contribution in [0, 0.1) is 5.82 Å². The Hall–Kier alpha value is -3.23. The molecule has 0 saturated carbocycles. The van der Waals surface area contributed by atoms with Gasteiger partial charge >= 0.3 is 0 Å². The summed E-state index contributed by atoms with van der Waals surface area (Å²) in [4.78, 5) is 30.2. The van der Waals surface area contributed by atoms with E-state index in [4.69, 9.17) is 4.74 Å². The number of hydrogen-bond donors (Lipinski definition) is 3. The van der Waals surface area contributed by atoms with E-state index in [1.54, 1.807) is 19.2 Å². The maximum absolute atomic E-state index is 13.5. The largest absolute Gasteiger partial charge is 0.381 e. The van der Waals surface area contributed by atoms with Gasteiger partial charge in [-0.1, -0.05) is 24.3 Å². The molecule has 0 fully saturated rings. The number of aromatic nitrogens is 1. The Bertz CT molecular complexity index is 1130. The van der Waals surface area contributed by atoms with Crippen LogP contribution in [0.1, 0.15) is 27.7 Å². The van der Waals surface area contributed by atoms with Crippen molar-refractivity contribution in [3.63, 3.8) is 0 Å². The average molecular weight is 425 g/mol. The third-order valence-electron chi connectivity index (χ3n) is 5.71. The van der Waals surface area contributed by atoms with E-state index in [1.165, 1.54) is 24.1 Å². The van der Waals surface area contributed by atoms with Crippen LogP contribution < -0.4 is 5.32 Å². The van der Waals surface area contributed by atoms with Crippen molar-refractivity contribution in [2.45, 2.75) is 24.6 Å². The Kier molecular flexibility index (Phi) is 5.75. The molecule has 1 heterocycles. The number of likely N-dealkylation sites (N-methyl/N-ethyl adjacent to an activating group) is 1. The van der Waals surface area contributed by atoms with Gasteiger partial charge in [-0.3, -0.25) is 9.59 Å². The monoisotopic (exact) mass is 425 g/mol. The number of benzene rings is 2. The summed E-state index contributed by atoms with van der Waals surface area (Å²) in [6, 6.07) is 12.7. The topological polar surface area (TPSA) is 94.7 Å². The van der Waals surface area contributed by atoms with Gasteiger partial charge in [0.05, 0.1) is 18.7 Å². The van der Waals surface area contributed by atoms with Gasteiger partial charge in [0.2, 0.25) is 0 Å². The lowest BCUT2D eigenvalue weighted by atomic mass is 10.0. The second-order valence-corrected chi connectivity index (χ2v) is 7.76. The standard InChI is InChI=1S/C23H24FN3O4/c1-27(23(30)20(28)12-31-2)21-16-6-4-3-5-13(16)10-18(21)26-22(29)19-11-14-9-15(24)7-8-17(14)25-19/h3-9,11,18,20-21,25,28H,10,12H2,1-2H3,(H,26,29)/t18-,20+,21-/m1/s1. The molecule has 31 heavy (non-hydrogen) atoms. The van der Waals surface area contributed by atoms with Crippen molar-refractivity contribution in [1.82, 2.24) is 15.2 Å². The molecule has 0 bridgehead atoms. The van der Waals surface area contributed by atoms with Crippen molar-refractivity contribution in [1.29, 1.82) is 0 Å². The lowest BCUT2D eigenvalue weighted by Gasteiger charge is -2.32. The molecular weight excluding hydrogens is 401 g/mol. The van der Waals surface area contributed by atoms with Gasteiger partial charge < -0.3 is 25.0 Å². The Morgan fingerprint density at radius 1 is 1.29 bits per heavy atom. The third kappa shape index (κ3) is 4.04. The smallest absolute Gasteiger partial charge is 0.268 e. The Balaban J connectivity index is 1.59. The van der Waals surface area contributed by atoms with Crippen LogP contribution >= 0.6 is 0 Å². The van der Waals surface area contributed by atoms with E-state index < -0.39 is 24.1 Å². The number of methoxy groups -OCH3 is 1. The van der Waals surface area contributed by atoms with Gasteiger partial charge in [0, 0.05) is 25.1 Å². The fourth-order valence-corrected chi connectivity index (χ4v) is 4.26. The van der Waals surface area contributed by atoms with Crippen molar-refractivity contribution in [2.24, 2.45) is 0 Å². The first-order valence-electron chi connectivity index (χ1n) is 9.99. The zero-order valence-electron chi connectivity index (χ0n) is 17.3. The van der Waals surface area contributed by atoms with Crippen LogP contribution in [0.5, 0.6) is 0 Å². The summed E-state index contributed by atoms with van der Waals surface area (Å²) in [7, 11) is 3.02. The minimum absolute atomic E-state index is 0.111. The average Bonchev–Trinajstić information content (AvgIpc) is 3.33. The number of halogens is 1. The number of aliphatic hydroxyl groups is 1. The van der Waals surface area contributed by atoms with Crippen LogP contribution in [0.2, 0.25) is 0 Å². The summed E-state index contributed by atoms with van der Waals surface area (Å²) in [5, 5.41) is 13.7. The quantitative estimate of drug-likeness (QED) is 0.564. The predicted octanol–water partition coefficient (Wildman–Crippen LogP) is 2.17. The molecule has 3 atom stereocenters. The number of carbonyl (C=O) groups excluding carboxylic acids is 2. The molecular formula is C23H24FN3O4. The van der Waals surface area contributed by atoms with Gasteiger partial charge in [-0.05, 0) is 41.8 Å². The van der Waals surface area contributed by atoms with Crippen molar-refractivity contribution < 1.29 is 23.8 Å². The van der Waals surface area contributed by atoms with E-state index in [-0.39, 0.29) is 18.3 Å². The van der Waals surface area contributed by atoms with Crippen LogP contribution in [0.15, 0.2) is 48.5 Å². The van der Waals surface area contributed by atoms with Crippen LogP contribution in [0.3, 0.4) is 0 Å². The lowest BCUT2D eigenvalue weighted by Crippen LogP contribution is -2.48. The molecule has 2 amide bonds. The highest BCUT2D eigenvalue weighted by Gasteiger charge is 2.39. The molecule has 0 spiro atoms. The molecule has 3 N–H and O–H groups in total. The van der Waals surface area contributed by atoms with Crippen LogP contribution in [-0.4, -0.2) is 59.7 Å². The molecule has 0 aliphatic heterocycles. The van der Waals surface area contributed by atoms with Crippen LogP contribution in [-0.2, 0) is 16.0 Å². The summed E-state index contributed by atoms with van der Waals surface area (Å²) in [6.07, 6.45) is -0.748. The molecule has 1 aliphatic carbocycles. The normalized spacial score (nSPS) is 18.6. The minimum atomic E-state index is -1.29. The number of H-pyrrole nitrogens is 1. The van der Waals surface area contributed by atoms with E-state index in [1.807, 2.05) is 24.3 Å². The molecule has 2 aromatic carbocycles. The van der Waals surface area contributed by atoms with Gasteiger partial charge in [0.1, 0.15) is 11.5 Å². The number of nitrogens with one attached hydrogen (secondary N) is 2. The van der Waals surface area contributed by atoms with E-state index in [0.717, 1.165) is 11.1 Å². The molecule has 1 aliphatic rings. The number of carbonyl (C=O) groups is 2. The maximum Gasteiger partial charge on any atom is 0.268 e. The Labute approximate surface area is 178 Å². The Morgan fingerprint density at radius 2 is 2.06 bits per heavy atom. The number of hydrogen-bond acceptors (Lipinski definition) is 4. The number of aliphatic hydroxyl groups excluding tert-OH is 1. The fraction of sp³-hybridized carbons (Fsp3) is 0.304. The van der Waals surface area contributed by atoms with Gasteiger partial charge in [-0.2, -0.15) is 0 Å². The van der Waals surface area contributed by atoms with E-state index in [9.17, 15) is 19.1 Å². The fourth-order valence-electron chi connectivity index (χ4n) is 4.26. The summed E-state index contributed by atoms with van der Waals surface area (Å²) in [5.41, 5.74) is 2.92. The van der Waals surface area contributed by atoms with Crippen molar-refractivity contribution in [3.05, 3.63) is 71.2 Å². The lowest BCUT2D eigenvalue weighted by molar-refractivity contribution is -0.144. The van der Waals surface area contributed by atoms with Crippen molar-refractivity contribution >= 4 is 22.7 Å². The van der Waals surface area contributed by atoms with Crippen molar-refractivity contribution in [3.8, 4) is 0 Å². The van der Waals surface area contributed by atoms with E-state index in [2.05, 4.69) is 10.3 Å². The number of nitrogens with zero attached hydrogens (tertiary/aromatic N) is 1. The molecule has 8 heteroatoms. The number of aromatic amines is 1. The zero-order valence-corrected chi connectivity index (χ0v) is 17.3. The van der Waals surface area contributed by atoms with Gasteiger partial charge in [0.25, 0.3) is 11.8 Å². The SMILES string of the molecule is COC[C@H](O)C(=O)N(C)[C@@H]1c2ccccc2C[C@H]1NC(=O)c1cc2cc(F)ccc2[nH]1.